The highest BCUT2D eigenvalue weighted by molar-refractivity contribution is 6.30. The molecule has 29 heavy (non-hydrogen) atoms. The van der Waals surface area contributed by atoms with Gasteiger partial charge in [0.15, 0.2) is 6.61 Å². The van der Waals surface area contributed by atoms with Crippen LogP contribution in [0.3, 0.4) is 0 Å². The first-order valence-corrected chi connectivity index (χ1v) is 9.46. The fourth-order valence-electron chi connectivity index (χ4n) is 2.78. The van der Waals surface area contributed by atoms with E-state index in [1.54, 1.807) is 48.5 Å². The van der Waals surface area contributed by atoms with Crippen LogP contribution in [0.15, 0.2) is 66.7 Å². The number of nitrogens with one attached hydrogen (secondary N) is 2. The topological polar surface area (TPSA) is 67.4 Å². The first-order valence-electron chi connectivity index (χ1n) is 9.08. The average molecular weight is 409 g/mol. The van der Waals surface area contributed by atoms with Gasteiger partial charge in [-0.2, -0.15) is 0 Å². The van der Waals surface area contributed by atoms with E-state index >= 15 is 0 Å². The summed E-state index contributed by atoms with van der Waals surface area (Å²) in [6.07, 6.45) is 0. The Labute approximate surface area is 174 Å². The van der Waals surface area contributed by atoms with Crippen LogP contribution in [-0.4, -0.2) is 18.4 Å². The van der Waals surface area contributed by atoms with Crippen LogP contribution in [0.25, 0.3) is 0 Å². The van der Waals surface area contributed by atoms with Crippen molar-refractivity contribution in [1.82, 2.24) is 0 Å². The molecule has 0 aliphatic heterocycles. The summed E-state index contributed by atoms with van der Waals surface area (Å²) in [7, 11) is 0. The molecule has 0 unspecified atom stereocenters. The Morgan fingerprint density at radius 2 is 1.52 bits per heavy atom. The highest BCUT2D eigenvalue weighted by Gasteiger charge is 2.09. The normalized spacial score (nSPS) is 10.3. The van der Waals surface area contributed by atoms with Crippen LogP contribution in [-0.2, 0) is 4.79 Å². The average Bonchev–Trinajstić information content (AvgIpc) is 2.69. The SMILES string of the molecule is Cc1cc(Cl)ccc1OCC(=O)Nc1ccc(NC(=O)c2ccccc2C)cc1. The van der Waals surface area contributed by atoms with Crippen molar-refractivity contribution in [3.63, 3.8) is 0 Å². The number of hydrogen-bond donors (Lipinski definition) is 2. The molecular formula is C23H21ClN2O3. The second kappa shape index (κ2) is 9.26. The Balaban J connectivity index is 1.54. The van der Waals surface area contributed by atoms with Gasteiger partial charge in [0, 0.05) is 22.0 Å². The summed E-state index contributed by atoms with van der Waals surface area (Å²) in [5, 5.41) is 6.23. The molecule has 3 aromatic rings. The Morgan fingerprint density at radius 1 is 0.862 bits per heavy atom. The molecule has 0 atom stereocenters. The Kier molecular flexibility index (Phi) is 6.52. The molecular weight excluding hydrogens is 388 g/mol. The van der Waals surface area contributed by atoms with E-state index in [9.17, 15) is 9.59 Å². The Bertz CT molecular complexity index is 1030. The maximum Gasteiger partial charge on any atom is 0.262 e. The third-order valence-electron chi connectivity index (χ3n) is 4.31. The molecule has 2 amide bonds. The van der Waals surface area contributed by atoms with Gasteiger partial charge in [-0.15, -0.1) is 0 Å². The molecule has 0 saturated heterocycles. The third-order valence-corrected chi connectivity index (χ3v) is 4.55. The van der Waals surface area contributed by atoms with Gasteiger partial charge in [-0.3, -0.25) is 9.59 Å². The number of aryl methyl sites for hydroxylation is 2. The van der Waals surface area contributed by atoms with Crippen LogP contribution in [0.2, 0.25) is 5.02 Å². The molecule has 0 spiro atoms. The van der Waals surface area contributed by atoms with Gasteiger partial charge in [0.2, 0.25) is 0 Å². The quantitative estimate of drug-likeness (QED) is 0.587. The maximum atomic E-state index is 12.4. The molecule has 0 aliphatic rings. The number of carbonyl (C=O) groups is 2. The summed E-state index contributed by atoms with van der Waals surface area (Å²) >= 11 is 5.91. The number of anilines is 2. The lowest BCUT2D eigenvalue weighted by molar-refractivity contribution is -0.118. The predicted octanol–water partition coefficient (Wildman–Crippen LogP) is 5.23. The summed E-state index contributed by atoms with van der Waals surface area (Å²) < 4.78 is 5.53. The fourth-order valence-corrected chi connectivity index (χ4v) is 3.00. The standard InChI is InChI=1S/C23H21ClN2O3/c1-15-5-3-4-6-20(15)23(28)26-19-10-8-18(9-11-19)25-22(27)14-29-21-12-7-17(24)13-16(21)2/h3-13H,14H2,1-2H3,(H,25,27)(H,26,28). The van der Waals surface area contributed by atoms with Crippen molar-refractivity contribution in [1.29, 1.82) is 0 Å². The highest BCUT2D eigenvalue weighted by atomic mass is 35.5. The molecule has 5 nitrogen and oxygen atoms in total. The number of amides is 2. The van der Waals surface area contributed by atoms with E-state index in [-0.39, 0.29) is 18.4 Å². The minimum atomic E-state index is -0.281. The zero-order valence-electron chi connectivity index (χ0n) is 16.2. The van der Waals surface area contributed by atoms with Crippen molar-refractivity contribution in [3.05, 3.63) is 88.4 Å². The molecule has 0 saturated carbocycles. The van der Waals surface area contributed by atoms with E-state index in [0.717, 1.165) is 11.1 Å². The van der Waals surface area contributed by atoms with Gasteiger partial charge in [0.25, 0.3) is 11.8 Å². The molecule has 3 rings (SSSR count). The second-order valence-electron chi connectivity index (χ2n) is 6.59. The monoisotopic (exact) mass is 408 g/mol. The second-order valence-corrected chi connectivity index (χ2v) is 7.03. The minimum Gasteiger partial charge on any atom is -0.483 e. The van der Waals surface area contributed by atoms with Crippen LogP contribution in [0.4, 0.5) is 11.4 Å². The van der Waals surface area contributed by atoms with Crippen molar-refractivity contribution in [2.45, 2.75) is 13.8 Å². The minimum absolute atomic E-state index is 0.117. The van der Waals surface area contributed by atoms with Gasteiger partial charge < -0.3 is 15.4 Å². The summed E-state index contributed by atoms with van der Waals surface area (Å²) in [6, 6.07) is 19.5. The van der Waals surface area contributed by atoms with Gasteiger partial charge in [-0.1, -0.05) is 29.8 Å². The molecule has 3 aromatic carbocycles. The van der Waals surface area contributed by atoms with Crippen LogP contribution in [0.1, 0.15) is 21.5 Å². The summed E-state index contributed by atoms with van der Waals surface area (Å²) in [5.74, 6) is 0.154. The highest BCUT2D eigenvalue weighted by Crippen LogP contribution is 2.22. The van der Waals surface area contributed by atoms with E-state index in [1.165, 1.54) is 0 Å². The Morgan fingerprint density at radius 3 is 2.17 bits per heavy atom. The first kappa shape index (κ1) is 20.4. The van der Waals surface area contributed by atoms with Crippen LogP contribution in [0, 0.1) is 13.8 Å². The van der Waals surface area contributed by atoms with Gasteiger partial charge in [-0.25, -0.2) is 0 Å². The van der Waals surface area contributed by atoms with Gasteiger partial charge in [0.05, 0.1) is 0 Å². The number of ether oxygens (including phenoxy) is 1. The van der Waals surface area contributed by atoms with Crippen molar-refractivity contribution in [2.24, 2.45) is 0 Å². The van der Waals surface area contributed by atoms with Gasteiger partial charge >= 0.3 is 0 Å². The molecule has 0 fully saturated rings. The van der Waals surface area contributed by atoms with E-state index in [0.29, 0.717) is 27.7 Å². The summed E-state index contributed by atoms with van der Waals surface area (Å²) in [6.45, 7) is 3.64. The predicted molar refractivity (Wildman–Crippen MR) is 116 cm³/mol. The van der Waals surface area contributed by atoms with E-state index in [1.807, 2.05) is 32.0 Å². The molecule has 148 valence electrons. The largest absolute Gasteiger partial charge is 0.483 e. The van der Waals surface area contributed by atoms with Crippen molar-refractivity contribution >= 4 is 34.8 Å². The van der Waals surface area contributed by atoms with Crippen molar-refractivity contribution in [2.75, 3.05) is 17.2 Å². The summed E-state index contributed by atoms with van der Waals surface area (Å²) in [4.78, 5) is 24.5. The molecule has 0 bridgehead atoms. The van der Waals surface area contributed by atoms with Gasteiger partial charge in [0.1, 0.15) is 5.75 Å². The maximum absolute atomic E-state index is 12.4. The van der Waals surface area contributed by atoms with Crippen molar-refractivity contribution in [3.8, 4) is 5.75 Å². The Hall–Kier alpha value is -3.31. The van der Waals surface area contributed by atoms with E-state index < -0.39 is 0 Å². The van der Waals surface area contributed by atoms with Gasteiger partial charge in [-0.05, 0) is 73.5 Å². The van der Waals surface area contributed by atoms with Crippen molar-refractivity contribution < 1.29 is 14.3 Å². The lowest BCUT2D eigenvalue weighted by Crippen LogP contribution is -2.20. The molecule has 2 N–H and O–H groups in total. The van der Waals surface area contributed by atoms with Crippen LogP contribution >= 0.6 is 11.6 Å². The third kappa shape index (κ3) is 5.59. The number of hydrogen-bond acceptors (Lipinski definition) is 3. The van der Waals surface area contributed by atoms with Crippen LogP contribution < -0.4 is 15.4 Å². The number of carbonyl (C=O) groups excluding carboxylic acids is 2. The summed E-state index contributed by atoms with van der Waals surface area (Å²) in [5.41, 5.74) is 3.65. The van der Waals surface area contributed by atoms with E-state index in [4.69, 9.17) is 16.3 Å². The zero-order chi connectivity index (χ0) is 20.8. The molecule has 0 aromatic heterocycles. The number of halogens is 1. The van der Waals surface area contributed by atoms with E-state index in [2.05, 4.69) is 10.6 Å². The molecule has 0 heterocycles. The molecule has 0 aliphatic carbocycles. The lowest BCUT2D eigenvalue weighted by Gasteiger charge is -2.11. The number of benzene rings is 3. The fraction of sp³-hybridized carbons (Fsp3) is 0.130. The van der Waals surface area contributed by atoms with Crippen LogP contribution in [0.5, 0.6) is 5.75 Å². The first-order chi connectivity index (χ1) is 13.9. The smallest absolute Gasteiger partial charge is 0.262 e. The number of rotatable bonds is 6. The molecule has 6 heteroatoms. The molecule has 0 radical (unpaired) electrons. The zero-order valence-corrected chi connectivity index (χ0v) is 16.9. The lowest BCUT2D eigenvalue weighted by atomic mass is 10.1.